The van der Waals surface area contributed by atoms with E-state index in [4.69, 9.17) is 26.1 Å². The van der Waals surface area contributed by atoms with Gasteiger partial charge in [-0.05, 0) is 67.4 Å². The molecular formula is C40H32ClN3O4S. The molecule has 2 aromatic heterocycles. The number of nitrogens with zero attached hydrogens (tertiary/aromatic N) is 3. The summed E-state index contributed by atoms with van der Waals surface area (Å²) in [6.07, 6.45) is 1.92. The number of allylic oxidation sites excluding steroid dienone is 1. The van der Waals surface area contributed by atoms with E-state index in [1.165, 1.54) is 18.4 Å². The molecule has 1 aliphatic rings. The van der Waals surface area contributed by atoms with Crippen LogP contribution in [0.15, 0.2) is 130 Å². The fourth-order valence-corrected chi connectivity index (χ4v) is 7.58. The molecule has 1 aliphatic heterocycles. The molecule has 7 nitrogen and oxygen atoms in total. The SMILES string of the molecule is COC(=O)C1=C(C)N=c2s/c(=C\c3cc(-c4ccccc4)n(-c4ccc(C)cc4)c3-c3ccccc3)c(=O)n2[C@@H]1c1cc(Cl)ccc1OC. The number of hydrogen-bond acceptors (Lipinski definition) is 6. The Morgan fingerprint density at radius 1 is 0.878 bits per heavy atom. The molecule has 0 saturated heterocycles. The van der Waals surface area contributed by atoms with Gasteiger partial charge in [0, 0.05) is 21.8 Å². The van der Waals surface area contributed by atoms with Crippen LogP contribution in [-0.2, 0) is 9.53 Å². The van der Waals surface area contributed by atoms with Gasteiger partial charge in [-0.15, -0.1) is 0 Å². The zero-order chi connectivity index (χ0) is 34.2. The first-order valence-corrected chi connectivity index (χ1v) is 16.9. The highest BCUT2D eigenvalue weighted by atomic mass is 35.5. The molecule has 3 heterocycles. The van der Waals surface area contributed by atoms with E-state index in [-0.39, 0.29) is 11.1 Å². The second kappa shape index (κ2) is 13.2. The molecular weight excluding hydrogens is 654 g/mol. The molecule has 0 unspecified atom stereocenters. The van der Waals surface area contributed by atoms with Crippen molar-refractivity contribution in [2.45, 2.75) is 19.9 Å². The lowest BCUT2D eigenvalue weighted by molar-refractivity contribution is -0.136. The predicted octanol–water partition coefficient (Wildman–Crippen LogP) is 7.50. The molecule has 0 saturated carbocycles. The summed E-state index contributed by atoms with van der Waals surface area (Å²) in [5.41, 5.74) is 7.91. The number of halogens is 1. The Morgan fingerprint density at radius 3 is 2.20 bits per heavy atom. The van der Waals surface area contributed by atoms with E-state index in [9.17, 15) is 9.59 Å². The first-order valence-electron chi connectivity index (χ1n) is 15.7. The fourth-order valence-electron chi connectivity index (χ4n) is 6.36. The Hall–Kier alpha value is -5.44. The number of aryl methyl sites for hydroxylation is 1. The molecule has 1 atom stereocenters. The highest BCUT2D eigenvalue weighted by Crippen LogP contribution is 2.38. The minimum absolute atomic E-state index is 0.240. The van der Waals surface area contributed by atoms with Crippen molar-refractivity contribution in [1.29, 1.82) is 0 Å². The largest absolute Gasteiger partial charge is 0.496 e. The molecule has 7 rings (SSSR count). The summed E-state index contributed by atoms with van der Waals surface area (Å²) < 4.78 is 15.1. The lowest BCUT2D eigenvalue weighted by atomic mass is 9.95. The van der Waals surface area contributed by atoms with Crippen LogP contribution in [0.4, 0.5) is 0 Å². The smallest absolute Gasteiger partial charge is 0.338 e. The first kappa shape index (κ1) is 32.1. The number of fused-ring (bicyclic) bond motifs is 1. The number of ether oxygens (including phenoxy) is 2. The van der Waals surface area contributed by atoms with Crippen LogP contribution in [-0.4, -0.2) is 29.3 Å². The summed E-state index contributed by atoms with van der Waals surface area (Å²) in [6.45, 7) is 3.81. The third-order valence-electron chi connectivity index (χ3n) is 8.64. The van der Waals surface area contributed by atoms with Gasteiger partial charge in [-0.1, -0.05) is 101 Å². The van der Waals surface area contributed by atoms with Gasteiger partial charge >= 0.3 is 5.97 Å². The van der Waals surface area contributed by atoms with E-state index in [1.807, 2.05) is 42.5 Å². The maximum absolute atomic E-state index is 14.6. The minimum atomic E-state index is -0.870. The topological polar surface area (TPSA) is 74.8 Å². The zero-order valence-corrected chi connectivity index (χ0v) is 28.9. The van der Waals surface area contributed by atoms with Gasteiger partial charge in [-0.3, -0.25) is 9.36 Å². The van der Waals surface area contributed by atoms with Crippen molar-refractivity contribution in [1.82, 2.24) is 9.13 Å². The lowest BCUT2D eigenvalue weighted by Crippen LogP contribution is -2.40. The number of hydrogen-bond donors (Lipinski definition) is 0. The number of methoxy groups -OCH3 is 2. The standard InChI is InChI=1S/C40H32ClN3O4S/c1-24-15-18-30(19-16-24)43-32(26-11-7-5-8-12-26)21-28(36(43)27-13-9-6-10-14-27)22-34-38(45)44-37(31-23-29(41)17-20-33(31)47-3)35(39(46)48-4)25(2)42-40(44)49-34/h5-23,37H,1-4H3/b34-22-/t37-/m1/s1. The van der Waals surface area contributed by atoms with Crippen LogP contribution in [0.2, 0.25) is 5.02 Å². The number of benzene rings is 4. The van der Waals surface area contributed by atoms with E-state index in [1.54, 1.807) is 36.8 Å². The van der Waals surface area contributed by atoms with Gasteiger partial charge in [0.05, 0.1) is 41.4 Å². The van der Waals surface area contributed by atoms with E-state index in [0.29, 0.717) is 31.4 Å². The molecule has 0 aliphatic carbocycles. The van der Waals surface area contributed by atoms with Crippen molar-refractivity contribution >= 4 is 35.0 Å². The van der Waals surface area contributed by atoms with Gasteiger partial charge in [0.1, 0.15) is 11.8 Å². The van der Waals surface area contributed by atoms with Crippen molar-refractivity contribution in [3.05, 3.63) is 162 Å². The highest BCUT2D eigenvalue weighted by molar-refractivity contribution is 7.07. The molecule has 244 valence electrons. The van der Waals surface area contributed by atoms with Crippen molar-refractivity contribution in [2.75, 3.05) is 14.2 Å². The Bertz CT molecular complexity index is 2430. The van der Waals surface area contributed by atoms with E-state index >= 15 is 0 Å². The third kappa shape index (κ3) is 5.83. The van der Waals surface area contributed by atoms with Crippen LogP contribution in [0.3, 0.4) is 0 Å². The van der Waals surface area contributed by atoms with Crippen LogP contribution in [0.25, 0.3) is 34.3 Å². The molecule has 0 amide bonds. The number of rotatable bonds is 7. The molecule has 9 heteroatoms. The van der Waals surface area contributed by atoms with E-state index in [2.05, 4.69) is 66.1 Å². The Morgan fingerprint density at radius 2 is 1.55 bits per heavy atom. The average molecular weight is 686 g/mol. The summed E-state index contributed by atoms with van der Waals surface area (Å²) in [5.74, 6) is -0.106. The van der Waals surface area contributed by atoms with Gasteiger partial charge in [0.25, 0.3) is 5.56 Å². The van der Waals surface area contributed by atoms with Crippen LogP contribution >= 0.6 is 22.9 Å². The Labute approximate surface area is 292 Å². The maximum Gasteiger partial charge on any atom is 0.338 e. The number of esters is 1. The van der Waals surface area contributed by atoms with Gasteiger partial charge in [-0.25, -0.2) is 9.79 Å². The lowest BCUT2D eigenvalue weighted by Gasteiger charge is -2.25. The third-order valence-corrected chi connectivity index (χ3v) is 9.86. The number of aromatic nitrogens is 2. The van der Waals surface area contributed by atoms with E-state index in [0.717, 1.165) is 39.3 Å². The molecule has 0 radical (unpaired) electrons. The molecule has 0 spiro atoms. The highest BCUT2D eigenvalue weighted by Gasteiger charge is 2.35. The van der Waals surface area contributed by atoms with E-state index < -0.39 is 12.0 Å². The maximum atomic E-state index is 14.6. The van der Waals surface area contributed by atoms with Crippen LogP contribution in [0.1, 0.15) is 29.7 Å². The van der Waals surface area contributed by atoms with Crippen molar-refractivity contribution in [2.24, 2.45) is 4.99 Å². The predicted molar refractivity (Wildman–Crippen MR) is 195 cm³/mol. The summed E-state index contributed by atoms with van der Waals surface area (Å²) in [4.78, 5) is 33.0. The second-order valence-electron chi connectivity index (χ2n) is 11.7. The van der Waals surface area contributed by atoms with Crippen LogP contribution in [0, 0.1) is 6.92 Å². The quantitative estimate of drug-likeness (QED) is 0.163. The monoisotopic (exact) mass is 685 g/mol. The van der Waals surface area contributed by atoms with Crippen molar-refractivity contribution < 1.29 is 14.3 Å². The molecule has 49 heavy (non-hydrogen) atoms. The van der Waals surface area contributed by atoms with Gasteiger partial charge in [0.15, 0.2) is 4.80 Å². The van der Waals surface area contributed by atoms with Gasteiger partial charge in [-0.2, -0.15) is 0 Å². The number of carbonyl (C=O) groups is 1. The van der Waals surface area contributed by atoms with Crippen molar-refractivity contribution in [3.8, 4) is 34.0 Å². The molecule has 0 fully saturated rings. The average Bonchev–Trinajstić information content (AvgIpc) is 3.65. The molecule has 0 bridgehead atoms. The summed E-state index contributed by atoms with van der Waals surface area (Å²) in [6, 6.07) is 35.2. The Balaban J connectivity index is 1.53. The van der Waals surface area contributed by atoms with Crippen molar-refractivity contribution in [3.63, 3.8) is 0 Å². The zero-order valence-electron chi connectivity index (χ0n) is 27.3. The molecule has 6 aromatic rings. The summed E-state index contributed by atoms with van der Waals surface area (Å²) in [7, 11) is 2.85. The van der Waals surface area contributed by atoms with Gasteiger partial charge < -0.3 is 14.0 Å². The number of carbonyl (C=O) groups excluding carboxylic acids is 1. The van der Waals surface area contributed by atoms with Crippen LogP contribution in [0.5, 0.6) is 5.75 Å². The number of thiazole rings is 1. The minimum Gasteiger partial charge on any atom is -0.496 e. The summed E-state index contributed by atoms with van der Waals surface area (Å²) in [5, 5.41) is 0.440. The van der Waals surface area contributed by atoms with Crippen LogP contribution < -0.4 is 19.6 Å². The molecule has 4 aromatic carbocycles. The first-order chi connectivity index (χ1) is 23.8. The molecule has 0 N–H and O–H groups in total. The summed E-state index contributed by atoms with van der Waals surface area (Å²) >= 11 is 7.74. The van der Waals surface area contributed by atoms with Gasteiger partial charge in [0.2, 0.25) is 0 Å². The Kier molecular flexibility index (Phi) is 8.67. The normalized spacial score (nSPS) is 14.4. The second-order valence-corrected chi connectivity index (χ2v) is 13.1. The fraction of sp³-hybridized carbons (Fsp3) is 0.125.